The van der Waals surface area contributed by atoms with E-state index in [2.05, 4.69) is 0 Å². The molecule has 0 radical (unpaired) electrons. The van der Waals surface area contributed by atoms with E-state index >= 15 is 0 Å². The van der Waals surface area contributed by atoms with Gasteiger partial charge in [-0.25, -0.2) is 0 Å². The van der Waals surface area contributed by atoms with Gasteiger partial charge in [-0.2, -0.15) is 0 Å². The van der Waals surface area contributed by atoms with Gasteiger partial charge in [0.1, 0.15) is 5.75 Å². The topological polar surface area (TPSA) is 55.6 Å². The molecule has 108 valence electrons. The smallest absolute Gasteiger partial charge is 0.260 e. The third-order valence-electron chi connectivity index (χ3n) is 3.09. The molecule has 0 aliphatic carbocycles. The number of hydrogen-bond acceptors (Lipinski definition) is 3. The SMILES string of the molecule is Cc1ccc(C)c(OCC(=O)N(C)C(C)CN)c1.Cl. The summed E-state index contributed by atoms with van der Waals surface area (Å²) in [5.74, 6) is 0.700. The molecule has 19 heavy (non-hydrogen) atoms. The van der Waals surface area contributed by atoms with E-state index in [0.29, 0.717) is 6.54 Å². The summed E-state index contributed by atoms with van der Waals surface area (Å²) < 4.78 is 5.56. The average molecular weight is 287 g/mol. The molecule has 1 unspecified atom stereocenters. The maximum absolute atomic E-state index is 11.9. The second-order valence-electron chi connectivity index (χ2n) is 4.65. The van der Waals surface area contributed by atoms with E-state index in [9.17, 15) is 4.79 Å². The number of carbonyl (C=O) groups excluding carboxylic acids is 1. The Kier molecular flexibility index (Phi) is 7.49. The summed E-state index contributed by atoms with van der Waals surface area (Å²) in [6, 6.07) is 5.97. The van der Waals surface area contributed by atoms with Crippen LogP contribution >= 0.6 is 12.4 Å². The van der Waals surface area contributed by atoms with Gasteiger partial charge in [0.05, 0.1) is 0 Å². The first kappa shape index (κ1) is 17.7. The molecule has 0 heterocycles. The van der Waals surface area contributed by atoms with Gasteiger partial charge in [0.15, 0.2) is 6.61 Å². The summed E-state index contributed by atoms with van der Waals surface area (Å²) >= 11 is 0. The molecule has 1 rings (SSSR count). The van der Waals surface area contributed by atoms with Gasteiger partial charge in [0, 0.05) is 19.6 Å². The normalized spacial score (nSPS) is 11.4. The number of carbonyl (C=O) groups is 1. The maximum atomic E-state index is 11.9. The van der Waals surface area contributed by atoms with Crippen molar-refractivity contribution < 1.29 is 9.53 Å². The summed E-state index contributed by atoms with van der Waals surface area (Å²) in [4.78, 5) is 13.5. The molecular weight excluding hydrogens is 264 g/mol. The lowest BCUT2D eigenvalue weighted by atomic mass is 10.1. The van der Waals surface area contributed by atoms with Crippen molar-refractivity contribution in [1.82, 2.24) is 4.90 Å². The molecule has 0 fully saturated rings. The van der Waals surface area contributed by atoms with Crippen LogP contribution in [0.2, 0.25) is 0 Å². The van der Waals surface area contributed by atoms with Gasteiger partial charge in [-0.05, 0) is 38.0 Å². The van der Waals surface area contributed by atoms with Crippen molar-refractivity contribution in [2.24, 2.45) is 5.73 Å². The molecule has 1 aromatic rings. The summed E-state index contributed by atoms with van der Waals surface area (Å²) in [7, 11) is 1.74. The fourth-order valence-electron chi connectivity index (χ4n) is 1.51. The zero-order chi connectivity index (χ0) is 13.7. The van der Waals surface area contributed by atoms with Crippen LogP contribution in [-0.2, 0) is 4.79 Å². The van der Waals surface area contributed by atoms with E-state index in [4.69, 9.17) is 10.5 Å². The molecule has 1 atom stereocenters. The Morgan fingerprint density at radius 2 is 2.05 bits per heavy atom. The molecule has 0 saturated carbocycles. The summed E-state index contributed by atoms with van der Waals surface area (Å²) in [6.07, 6.45) is 0. The molecule has 0 spiro atoms. The zero-order valence-corrected chi connectivity index (χ0v) is 12.8. The molecule has 0 aliphatic rings. The summed E-state index contributed by atoms with van der Waals surface area (Å²) in [5.41, 5.74) is 7.68. The molecule has 1 aromatic carbocycles. The maximum Gasteiger partial charge on any atom is 0.260 e. The number of hydrogen-bond donors (Lipinski definition) is 1. The van der Waals surface area contributed by atoms with Gasteiger partial charge in [-0.3, -0.25) is 4.79 Å². The van der Waals surface area contributed by atoms with Crippen molar-refractivity contribution in [2.45, 2.75) is 26.8 Å². The summed E-state index contributed by atoms with van der Waals surface area (Å²) in [6.45, 7) is 6.37. The molecule has 0 aromatic heterocycles. The van der Waals surface area contributed by atoms with Gasteiger partial charge in [0.2, 0.25) is 0 Å². The highest BCUT2D eigenvalue weighted by molar-refractivity contribution is 5.85. The van der Waals surface area contributed by atoms with Crippen LogP contribution < -0.4 is 10.5 Å². The van der Waals surface area contributed by atoms with E-state index in [0.717, 1.165) is 16.9 Å². The second kappa shape index (κ2) is 8.02. The van der Waals surface area contributed by atoms with Crippen molar-refractivity contribution >= 4 is 18.3 Å². The minimum absolute atomic E-state index is 0. The van der Waals surface area contributed by atoms with Crippen molar-refractivity contribution in [3.8, 4) is 5.75 Å². The van der Waals surface area contributed by atoms with E-state index in [1.807, 2.05) is 39.0 Å². The molecule has 2 N–H and O–H groups in total. The standard InChI is InChI=1S/C14H22N2O2.ClH/c1-10-5-6-11(2)13(7-10)18-9-14(17)16(4)12(3)8-15;/h5-7,12H,8-9,15H2,1-4H3;1H. The number of aryl methyl sites for hydroxylation is 2. The van der Waals surface area contributed by atoms with Gasteiger partial charge in [-0.15, -0.1) is 12.4 Å². The highest BCUT2D eigenvalue weighted by Crippen LogP contribution is 2.19. The number of rotatable bonds is 5. The predicted octanol–water partition coefficient (Wildman–Crippen LogP) is 1.91. The third-order valence-corrected chi connectivity index (χ3v) is 3.09. The van der Waals surface area contributed by atoms with E-state index in [1.54, 1.807) is 11.9 Å². The third kappa shape index (κ3) is 5.09. The van der Waals surface area contributed by atoms with Crippen molar-refractivity contribution in [2.75, 3.05) is 20.2 Å². The quantitative estimate of drug-likeness (QED) is 0.900. The van der Waals surface area contributed by atoms with E-state index in [1.165, 1.54) is 0 Å². The van der Waals surface area contributed by atoms with Crippen LogP contribution in [0.15, 0.2) is 18.2 Å². The van der Waals surface area contributed by atoms with E-state index < -0.39 is 0 Å². The van der Waals surface area contributed by atoms with Crippen LogP contribution in [0.5, 0.6) is 5.75 Å². The highest BCUT2D eigenvalue weighted by Gasteiger charge is 2.15. The Morgan fingerprint density at radius 3 is 2.63 bits per heavy atom. The zero-order valence-electron chi connectivity index (χ0n) is 12.0. The van der Waals surface area contributed by atoms with Crippen molar-refractivity contribution in [1.29, 1.82) is 0 Å². The lowest BCUT2D eigenvalue weighted by Crippen LogP contribution is -2.42. The Balaban J connectivity index is 0.00000324. The number of ether oxygens (including phenoxy) is 1. The highest BCUT2D eigenvalue weighted by atomic mass is 35.5. The van der Waals surface area contributed by atoms with Gasteiger partial charge < -0.3 is 15.4 Å². The van der Waals surface area contributed by atoms with Crippen LogP contribution in [0.25, 0.3) is 0 Å². The molecule has 4 nitrogen and oxygen atoms in total. The summed E-state index contributed by atoms with van der Waals surface area (Å²) in [5, 5.41) is 0. The lowest BCUT2D eigenvalue weighted by Gasteiger charge is -2.23. The van der Waals surface area contributed by atoms with Crippen LogP contribution in [0.3, 0.4) is 0 Å². The monoisotopic (exact) mass is 286 g/mol. The Bertz CT molecular complexity index is 424. The van der Waals surface area contributed by atoms with Crippen LogP contribution in [-0.4, -0.2) is 37.0 Å². The molecule has 5 heteroatoms. The number of halogens is 1. The molecule has 0 saturated heterocycles. The number of benzene rings is 1. The molecule has 0 aliphatic heterocycles. The first-order chi connectivity index (χ1) is 8.45. The minimum Gasteiger partial charge on any atom is -0.483 e. The fraction of sp³-hybridized carbons (Fsp3) is 0.500. The largest absolute Gasteiger partial charge is 0.483 e. The Labute approximate surface area is 121 Å². The Morgan fingerprint density at radius 1 is 1.42 bits per heavy atom. The lowest BCUT2D eigenvalue weighted by molar-refractivity contribution is -0.133. The van der Waals surface area contributed by atoms with Crippen LogP contribution in [0, 0.1) is 13.8 Å². The van der Waals surface area contributed by atoms with Crippen molar-refractivity contribution in [3.63, 3.8) is 0 Å². The number of amides is 1. The van der Waals surface area contributed by atoms with Crippen LogP contribution in [0.1, 0.15) is 18.1 Å². The number of nitrogens with two attached hydrogens (primary N) is 1. The Hall–Kier alpha value is -1.26. The first-order valence-corrected chi connectivity index (χ1v) is 6.11. The fourth-order valence-corrected chi connectivity index (χ4v) is 1.51. The van der Waals surface area contributed by atoms with E-state index in [-0.39, 0.29) is 31.0 Å². The predicted molar refractivity (Wildman–Crippen MR) is 79.9 cm³/mol. The van der Waals surface area contributed by atoms with Crippen molar-refractivity contribution in [3.05, 3.63) is 29.3 Å². The first-order valence-electron chi connectivity index (χ1n) is 6.11. The second-order valence-corrected chi connectivity index (χ2v) is 4.65. The molecular formula is C14H23ClN2O2. The molecule has 1 amide bonds. The van der Waals surface area contributed by atoms with Gasteiger partial charge in [-0.1, -0.05) is 12.1 Å². The van der Waals surface area contributed by atoms with Gasteiger partial charge in [0.25, 0.3) is 5.91 Å². The minimum atomic E-state index is -0.0612. The van der Waals surface area contributed by atoms with Gasteiger partial charge >= 0.3 is 0 Å². The van der Waals surface area contributed by atoms with Crippen LogP contribution in [0.4, 0.5) is 0 Å². The number of nitrogens with zero attached hydrogens (tertiary/aromatic N) is 1. The number of likely N-dealkylation sites (N-methyl/N-ethyl adjacent to an activating group) is 1. The molecule has 0 bridgehead atoms. The average Bonchev–Trinajstić information content (AvgIpc) is 2.37.